The van der Waals surface area contributed by atoms with Crippen molar-refractivity contribution in [2.45, 2.75) is 6.92 Å². The molecule has 0 aliphatic carbocycles. The van der Waals surface area contributed by atoms with Crippen LogP contribution < -0.4 is 10.1 Å². The van der Waals surface area contributed by atoms with Crippen molar-refractivity contribution in [1.82, 2.24) is 5.32 Å². The Hall–Kier alpha value is -2.89. The Kier molecular flexibility index (Phi) is 4.95. The Balaban J connectivity index is 2.46. The Morgan fingerprint density at radius 2 is 1.91 bits per heavy atom. The number of rotatable bonds is 5. The molecule has 2 rings (SSSR count). The number of carboxylic acid groups (broad SMARTS) is 1. The van der Waals surface area contributed by atoms with Crippen molar-refractivity contribution in [3.63, 3.8) is 0 Å². The molecule has 6 heteroatoms. The molecule has 23 heavy (non-hydrogen) atoms. The molecule has 5 nitrogen and oxygen atoms in total. The summed E-state index contributed by atoms with van der Waals surface area (Å²) < 4.78 is 19.2. The van der Waals surface area contributed by atoms with Crippen LogP contribution in [0.25, 0.3) is 11.1 Å². The van der Waals surface area contributed by atoms with Crippen molar-refractivity contribution in [3.8, 4) is 16.9 Å². The molecule has 0 aliphatic heterocycles. The highest BCUT2D eigenvalue weighted by Crippen LogP contribution is 2.27. The molecule has 0 heterocycles. The zero-order valence-electron chi connectivity index (χ0n) is 12.7. The van der Waals surface area contributed by atoms with E-state index in [-0.39, 0.29) is 11.1 Å². The minimum Gasteiger partial charge on any atom is -0.497 e. The van der Waals surface area contributed by atoms with Crippen LogP contribution in [0.2, 0.25) is 0 Å². The third-order valence-electron chi connectivity index (χ3n) is 3.27. The predicted octanol–water partition coefficient (Wildman–Crippen LogP) is 2.95. The zero-order valence-corrected chi connectivity index (χ0v) is 12.7. The molecule has 0 saturated carbocycles. The van der Waals surface area contributed by atoms with Gasteiger partial charge in [-0.05, 0) is 48.4 Å². The summed E-state index contributed by atoms with van der Waals surface area (Å²) >= 11 is 0. The van der Waals surface area contributed by atoms with E-state index in [1.54, 1.807) is 19.1 Å². The molecule has 0 spiro atoms. The van der Waals surface area contributed by atoms with Crippen molar-refractivity contribution in [2.24, 2.45) is 0 Å². The fraction of sp³-hybridized carbons (Fsp3) is 0.176. The van der Waals surface area contributed by atoms with Crippen molar-refractivity contribution < 1.29 is 23.8 Å². The molecule has 2 aromatic carbocycles. The first-order valence-corrected chi connectivity index (χ1v) is 6.96. The fourth-order valence-electron chi connectivity index (χ4n) is 2.14. The summed E-state index contributed by atoms with van der Waals surface area (Å²) in [7, 11) is 1.42. The Labute approximate surface area is 132 Å². The molecule has 0 radical (unpaired) electrons. The molecule has 0 aromatic heterocycles. The quantitative estimate of drug-likeness (QED) is 0.889. The SMILES string of the molecule is CCNC(=O)c1ccc(-c2cc(OC)cc(C(=O)O)c2)cc1F. The van der Waals surface area contributed by atoms with E-state index in [1.807, 2.05) is 0 Å². The number of carbonyl (C=O) groups is 2. The minimum atomic E-state index is -1.11. The molecule has 1 amide bonds. The fourth-order valence-corrected chi connectivity index (χ4v) is 2.14. The number of nitrogens with one attached hydrogen (secondary N) is 1. The van der Waals surface area contributed by atoms with E-state index in [1.165, 1.54) is 31.4 Å². The molecule has 0 atom stereocenters. The lowest BCUT2D eigenvalue weighted by Crippen LogP contribution is -2.23. The van der Waals surface area contributed by atoms with Crippen LogP contribution in [0.1, 0.15) is 27.6 Å². The molecular weight excluding hydrogens is 301 g/mol. The average Bonchev–Trinajstić information content (AvgIpc) is 2.54. The number of hydrogen-bond donors (Lipinski definition) is 2. The maximum absolute atomic E-state index is 14.1. The lowest BCUT2D eigenvalue weighted by Gasteiger charge is -2.09. The van der Waals surface area contributed by atoms with Gasteiger partial charge in [0, 0.05) is 6.54 Å². The van der Waals surface area contributed by atoms with Gasteiger partial charge < -0.3 is 15.2 Å². The van der Waals surface area contributed by atoms with E-state index in [9.17, 15) is 14.0 Å². The Morgan fingerprint density at radius 3 is 2.48 bits per heavy atom. The number of hydrogen-bond acceptors (Lipinski definition) is 3. The topological polar surface area (TPSA) is 75.6 Å². The first kappa shape index (κ1) is 16.5. The standard InChI is InChI=1S/C17H16FNO4/c1-3-19-16(20)14-5-4-10(9-15(14)18)11-6-12(17(21)22)8-13(7-11)23-2/h4-9H,3H2,1-2H3,(H,19,20)(H,21,22). The number of carbonyl (C=O) groups excluding carboxylic acids is 1. The third-order valence-corrected chi connectivity index (χ3v) is 3.27. The van der Waals surface area contributed by atoms with Crippen molar-refractivity contribution in [3.05, 3.63) is 53.3 Å². The van der Waals surface area contributed by atoms with Crippen LogP contribution in [0.15, 0.2) is 36.4 Å². The van der Waals surface area contributed by atoms with Gasteiger partial charge >= 0.3 is 5.97 Å². The van der Waals surface area contributed by atoms with Crippen LogP contribution in [-0.4, -0.2) is 30.6 Å². The summed E-state index contributed by atoms with van der Waals surface area (Å²) in [6.07, 6.45) is 0. The van der Waals surface area contributed by atoms with E-state index in [4.69, 9.17) is 9.84 Å². The minimum absolute atomic E-state index is 0.0348. The van der Waals surface area contributed by atoms with Gasteiger partial charge in [-0.2, -0.15) is 0 Å². The van der Waals surface area contributed by atoms with Gasteiger partial charge in [-0.25, -0.2) is 9.18 Å². The van der Waals surface area contributed by atoms with E-state index >= 15 is 0 Å². The smallest absolute Gasteiger partial charge is 0.335 e. The van der Waals surface area contributed by atoms with Crippen LogP contribution >= 0.6 is 0 Å². The highest BCUT2D eigenvalue weighted by Gasteiger charge is 2.14. The predicted molar refractivity (Wildman–Crippen MR) is 83.4 cm³/mol. The number of carboxylic acids is 1. The largest absolute Gasteiger partial charge is 0.497 e. The maximum Gasteiger partial charge on any atom is 0.335 e. The number of halogens is 1. The van der Waals surface area contributed by atoms with E-state index < -0.39 is 17.7 Å². The molecule has 2 N–H and O–H groups in total. The van der Waals surface area contributed by atoms with Gasteiger partial charge in [0.2, 0.25) is 0 Å². The molecular formula is C17H16FNO4. The summed E-state index contributed by atoms with van der Waals surface area (Å²) in [6, 6.07) is 8.54. The summed E-state index contributed by atoms with van der Waals surface area (Å²) in [5.41, 5.74) is 0.921. The van der Waals surface area contributed by atoms with Crippen LogP contribution in [0.4, 0.5) is 4.39 Å². The lowest BCUT2D eigenvalue weighted by atomic mass is 10.0. The van der Waals surface area contributed by atoms with Gasteiger partial charge in [-0.1, -0.05) is 6.07 Å². The van der Waals surface area contributed by atoms with Gasteiger partial charge in [-0.15, -0.1) is 0 Å². The van der Waals surface area contributed by atoms with Crippen LogP contribution in [0.5, 0.6) is 5.75 Å². The molecule has 0 bridgehead atoms. The summed E-state index contributed by atoms with van der Waals surface area (Å²) in [5, 5.41) is 11.7. The van der Waals surface area contributed by atoms with Gasteiger partial charge in [0.1, 0.15) is 11.6 Å². The second-order valence-electron chi connectivity index (χ2n) is 4.81. The van der Waals surface area contributed by atoms with Gasteiger partial charge in [0.05, 0.1) is 18.2 Å². The molecule has 0 aliphatic rings. The van der Waals surface area contributed by atoms with Gasteiger partial charge in [-0.3, -0.25) is 4.79 Å². The van der Waals surface area contributed by atoms with Crippen molar-refractivity contribution in [1.29, 1.82) is 0 Å². The lowest BCUT2D eigenvalue weighted by molar-refractivity contribution is 0.0696. The second kappa shape index (κ2) is 6.91. The van der Waals surface area contributed by atoms with Crippen molar-refractivity contribution >= 4 is 11.9 Å². The first-order valence-electron chi connectivity index (χ1n) is 6.96. The number of aromatic carboxylic acids is 1. The van der Waals surface area contributed by atoms with Gasteiger partial charge in [0.25, 0.3) is 5.91 Å². The van der Waals surface area contributed by atoms with Crippen molar-refractivity contribution in [2.75, 3.05) is 13.7 Å². The number of ether oxygens (including phenoxy) is 1. The Bertz CT molecular complexity index is 758. The zero-order chi connectivity index (χ0) is 17.0. The Morgan fingerprint density at radius 1 is 1.17 bits per heavy atom. The summed E-state index contributed by atoms with van der Waals surface area (Å²) in [6.45, 7) is 2.14. The number of benzene rings is 2. The highest BCUT2D eigenvalue weighted by atomic mass is 19.1. The first-order chi connectivity index (χ1) is 11.0. The van der Waals surface area contributed by atoms with Crippen LogP contribution in [-0.2, 0) is 0 Å². The second-order valence-corrected chi connectivity index (χ2v) is 4.81. The summed E-state index contributed by atoms with van der Waals surface area (Å²) in [5.74, 6) is -1.92. The van der Waals surface area contributed by atoms with E-state index in [0.717, 1.165) is 0 Å². The number of amides is 1. The van der Waals surface area contributed by atoms with Crippen LogP contribution in [0.3, 0.4) is 0 Å². The molecule has 120 valence electrons. The maximum atomic E-state index is 14.1. The molecule has 0 unspecified atom stereocenters. The summed E-state index contributed by atoms with van der Waals surface area (Å²) in [4.78, 5) is 22.9. The van der Waals surface area contributed by atoms with Gasteiger partial charge in [0.15, 0.2) is 0 Å². The highest BCUT2D eigenvalue weighted by molar-refractivity contribution is 5.95. The van der Waals surface area contributed by atoms with E-state index in [0.29, 0.717) is 23.4 Å². The molecule has 0 saturated heterocycles. The third kappa shape index (κ3) is 3.66. The number of methoxy groups -OCH3 is 1. The average molecular weight is 317 g/mol. The normalized spacial score (nSPS) is 10.2. The molecule has 0 fully saturated rings. The van der Waals surface area contributed by atoms with E-state index in [2.05, 4.69) is 5.32 Å². The molecule has 2 aromatic rings. The van der Waals surface area contributed by atoms with Crippen LogP contribution in [0, 0.1) is 5.82 Å². The monoisotopic (exact) mass is 317 g/mol.